The number of hydrogen-bond donors (Lipinski definition) is 0. The first-order valence-electron chi connectivity index (χ1n) is 8.63. The van der Waals surface area contributed by atoms with E-state index in [-0.39, 0.29) is 12.3 Å². The van der Waals surface area contributed by atoms with E-state index in [2.05, 4.69) is 46.8 Å². The molecule has 0 unspecified atom stereocenters. The van der Waals surface area contributed by atoms with Crippen molar-refractivity contribution in [2.75, 3.05) is 7.11 Å². The Morgan fingerprint density at radius 2 is 1.96 bits per heavy atom. The van der Waals surface area contributed by atoms with E-state index in [1.807, 2.05) is 24.3 Å². The van der Waals surface area contributed by atoms with Crippen molar-refractivity contribution in [2.24, 2.45) is 5.10 Å². The fraction of sp³-hybridized carbons (Fsp3) is 0.190. The second-order valence-corrected chi connectivity index (χ2v) is 7.36. The van der Waals surface area contributed by atoms with Crippen LogP contribution in [0.2, 0.25) is 0 Å². The molecule has 3 heterocycles. The summed E-state index contributed by atoms with van der Waals surface area (Å²) in [7, 11) is 1.69. The van der Waals surface area contributed by atoms with Crippen molar-refractivity contribution in [1.82, 2.24) is 5.01 Å². The lowest BCUT2D eigenvalue weighted by Crippen LogP contribution is -2.33. The number of methoxy groups -OCH3 is 1. The lowest BCUT2D eigenvalue weighted by molar-refractivity contribution is -0.0184. The lowest BCUT2D eigenvalue weighted by Gasteiger charge is -2.38. The number of rotatable bonds is 3. The molecule has 2 aliphatic heterocycles. The van der Waals surface area contributed by atoms with Gasteiger partial charge in [-0.05, 0) is 23.1 Å². The first kappa shape index (κ1) is 15.5. The number of hydrazone groups is 1. The van der Waals surface area contributed by atoms with Gasteiger partial charge in [0, 0.05) is 12.0 Å². The number of benzene rings is 2. The third-order valence-electron chi connectivity index (χ3n) is 4.89. The van der Waals surface area contributed by atoms with E-state index in [1.54, 1.807) is 18.4 Å². The first-order chi connectivity index (χ1) is 12.8. The average Bonchev–Trinajstić information content (AvgIpc) is 3.37. The summed E-state index contributed by atoms with van der Waals surface area (Å²) in [5.74, 6) is 1.61. The van der Waals surface area contributed by atoms with Crippen molar-refractivity contribution >= 4 is 17.0 Å². The standard InChI is InChI=1S/C21H18N2O2S/c1-24-18-10-5-9-15-17-13-16(14-7-3-2-4-8-14)22-23(17)21(25-20(15)18)19-11-6-12-26-19/h2-12,17,21H,13H2,1H3/t17-,21+/m0/s1. The predicted octanol–water partition coefficient (Wildman–Crippen LogP) is 5.00. The minimum absolute atomic E-state index is 0.149. The zero-order valence-electron chi connectivity index (χ0n) is 14.3. The van der Waals surface area contributed by atoms with Crippen LogP contribution in [0.15, 0.2) is 71.1 Å². The van der Waals surface area contributed by atoms with Gasteiger partial charge in [-0.15, -0.1) is 11.3 Å². The molecule has 26 heavy (non-hydrogen) atoms. The molecule has 0 saturated heterocycles. The second kappa shape index (κ2) is 6.18. The summed E-state index contributed by atoms with van der Waals surface area (Å²) in [6.45, 7) is 0. The summed E-state index contributed by atoms with van der Waals surface area (Å²) in [6.07, 6.45) is 0.625. The zero-order valence-corrected chi connectivity index (χ0v) is 15.1. The minimum Gasteiger partial charge on any atom is -0.493 e. The summed E-state index contributed by atoms with van der Waals surface area (Å²) in [5.41, 5.74) is 3.39. The predicted molar refractivity (Wildman–Crippen MR) is 103 cm³/mol. The zero-order chi connectivity index (χ0) is 17.5. The maximum absolute atomic E-state index is 6.40. The molecular formula is C21H18N2O2S. The molecule has 0 amide bonds. The van der Waals surface area contributed by atoms with Crippen molar-refractivity contribution in [2.45, 2.75) is 18.7 Å². The van der Waals surface area contributed by atoms with Crippen LogP contribution in [0.4, 0.5) is 0 Å². The highest BCUT2D eigenvalue weighted by atomic mass is 32.1. The van der Waals surface area contributed by atoms with Gasteiger partial charge in [0.25, 0.3) is 0 Å². The van der Waals surface area contributed by atoms with Gasteiger partial charge in [0.2, 0.25) is 6.23 Å². The van der Waals surface area contributed by atoms with Gasteiger partial charge in [-0.1, -0.05) is 48.5 Å². The fourth-order valence-electron chi connectivity index (χ4n) is 3.67. The maximum Gasteiger partial charge on any atom is 0.223 e. The molecule has 0 saturated carbocycles. The van der Waals surface area contributed by atoms with Crippen molar-refractivity contribution in [3.8, 4) is 11.5 Å². The normalized spacial score (nSPS) is 20.8. The Morgan fingerprint density at radius 3 is 2.73 bits per heavy atom. The summed E-state index contributed by atoms with van der Waals surface area (Å²) >= 11 is 1.69. The van der Waals surface area contributed by atoms with Gasteiger partial charge in [0.1, 0.15) is 0 Å². The SMILES string of the molecule is COc1cccc2c1O[C@H](c1cccs1)N1N=C(c3ccccc3)C[C@@H]21. The summed E-state index contributed by atoms with van der Waals surface area (Å²) in [4.78, 5) is 1.14. The topological polar surface area (TPSA) is 34.1 Å². The van der Waals surface area contributed by atoms with Crippen LogP contribution >= 0.6 is 11.3 Å². The van der Waals surface area contributed by atoms with Gasteiger partial charge in [-0.25, -0.2) is 5.01 Å². The van der Waals surface area contributed by atoms with Gasteiger partial charge in [0.05, 0.1) is 23.7 Å². The molecule has 0 N–H and O–H groups in total. The van der Waals surface area contributed by atoms with Crippen molar-refractivity contribution < 1.29 is 9.47 Å². The lowest BCUT2D eigenvalue weighted by atomic mass is 9.96. The van der Waals surface area contributed by atoms with Crippen molar-refractivity contribution in [3.63, 3.8) is 0 Å². The van der Waals surface area contributed by atoms with Gasteiger partial charge in [0.15, 0.2) is 11.5 Å². The summed E-state index contributed by atoms with van der Waals surface area (Å²) < 4.78 is 12.0. The number of nitrogens with zero attached hydrogens (tertiary/aromatic N) is 2. The molecule has 2 aromatic carbocycles. The van der Waals surface area contributed by atoms with Crippen LogP contribution < -0.4 is 9.47 Å². The van der Waals surface area contributed by atoms with Crippen LogP contribution in [0, 0.1) is 0 Å². The Hall–Kier alpha value is -2.79. The van der Waals surface area contributed by atoms with E-state index < -0.39 is 0 Å². The van der Waals surface area contributed by atoms with Crippen LogP contribution in [0.1, 0.15) is 34.7 Å². The van der Waals surface area contributed by atoms with Crippen LogP contribution in [0.25, 0.3) is 0 Å². The van der Waals surface area contributed by atoms with Crippen LogP contribution in [0.3, 0.4) is 0 Å². The molecule has 2 atom stereocenters. The maximum atomic E-state index is 6.40. The third kappa shape index (κ3) is 2.39. The molecule has 130 valence electrons. The number of hydrogen-bond acceptors (Lipinski definition) is 5. The highest BCUT2D eigenvalue weighted by molar-refractivity contribution is 7.10. The molecule has 5 rings (SSSR count). The van der Waals surface area contributed by atoms with Crippen LogP contribution in [0.5, 0.6) is 11.5 Å². The Balaban J connectivity index is 1.62. The molecule has 0 bridgehead atoms. The third-order valence-corrected chi connectivity index (χ3v) is 5.80. The number of ether oxygens (including phenoxy) is 2. The summed E-state index contributed by atoms with van der Waals surface area (Å²) in [5, 5.41) is 9.14. The molecule has 2 aliphatic rings. The smallest absolute Gasteiger partial charge is 0.223 e. The van der Waals surface area contributed by atoms with Crippen LogP contribution in [-0.4, -0.2) is 17.8 Å². The van der Waals surface area contributed by atoms with Gasteiger partial charge < -0.3 is 9.47 Å². The highest BCUT2D eigenvalue weighted by Crippen LogP contribution is 2.51. The molecule has 3 aromatic rings. The molecule has 1 aromatic heterocycles. The Morgan fingerprint density at radius 1 is 1.08 bits per heavy atom. The average molecular weight is 362 g/mol. The first-order valence-corrected chi connectivity index (χ1v) is 9.51. The molecule has 0 spiro atoms. The van der Waals surface area contributed by atoms with E-state index in [9.17, 15) is 0 Å². The molecule has 5 heteroatoms. The van der Waals surface area contributed by atoms with E-state index in [1.165, 1.54) is 0 Å². The fourth-order valence-corrected chi connectivity index (χ4v) is 4.41. The Bertz CT molecular complexity index is 953. The Kier molecular flexibility index (Phi) is 3.68. The number of thiophene rings is 1. The second-order valence-electron chi connectivity index (χ2n) is 6.38. The highest BCUT2D eigenvalue weighted by Gasteiger charge is 2.42. The molecular weight excluding hydrogens is 344 g/mol. The number of fused-ring (bicyclic) bond motifs is 3. The quantitative estimate of drug-likeness (QED) is 0.658. The summed E-state index contributed by atoms with van der Waals surface area (Å²) in [6, 6.07) is 20.8. The van der Waals surface area contributed by atoms with E-state index in [0.29, 0.717) is 0 Å². The molecule has 4 nitrogen and oxygen atoms in total. The molecule has 0 fully saturated rings. The molecule has 0 aliphatic carbocycles. The Labute approximate surface area is 156 Å². The van der Waals surface area contributed by atoms with Gasteiger partial charge in [-0.2, -0.15) is 5.10 Å². The van der Waals surface area contributed by atoms with Crippen LogP contribution in [-0.2, 0) is 0 Å². The van der Waals surface area contributed by atoms with E-state index in [0.717, 1.165) is 39.6 Å². The van der Waals surface area contributed by atoms with Gasteiger partial charge in [-0.3, -0.25) is 0 Å². The molecule has 0 radical (unpaired) electrons. The number of para-hydroxylation sites is 1. The minimum atomic E-state index is -0.231. The van der Waals surface area contributed by atoms with E-state index in [4.69, 9.17) is 14.6 Å². The van der Waals surface area contributed by atoms with E-state index >= 15 is 0 Å². The van der Waals surface area contributed by atoms with Gasteiger partial charge >= 0.3 is 0 Å². The monoisotopic (exact) mass is 362 g/mol. The van der Waals surface area contributed by atoms with Crippen molar-refractivity contribution in [3.05, 3.63) is 82.0 Å². The largest absolute Gasteiger partial charge is 0.493 e. The van der Waals surface area contributed by atoms with Crippen molar-refractivity contribution in [1.29, 1.82) is 0 Å².